The maximum absolute atomic E-state index is 13.8. The van der Waals surface area contributed by atoms with Crippen molar-refractivity contribution in [2.75, 3.05) is 30.3 Å². The predicted molar refractivity (Wildman–Crippen MR) is 136 cm³/mol. The lowest BCUT2D eigenvalue weighted by molar-refractivity contribution is -0.136. The largest absolute Gasteiger partial charge is 0.477 e. The first-order valence-electron chi connectivity index (χ1n) is 11.7. The van der Waals surface area contributed by atoms with Crippen LogP contribution in [0.5, 0.6) is 0 Å². The van der Waals surface area contributed by atoms with Gasteiger partial charge in [0.2, 0.25) is 0 Å². The number of nitrogens with two attached hydrogens (primary N) is 1. The number of aromatic carboxylic acids is 1. The van der Waals surface area contributed by atoms with Gasteiger partial charge in [0.05, 0.1) is 16.9 Å². The number of thiophene rings is 1. The zero-order valence-corrected chi connectivity index (χ0v) is 20.3. The van der Waals surface area contributed by atoms with Crippen molar-refractivity contribution in [2.24, 2.45) is 0 Å². The molecule has 0 amide bonds. The topological polar surface area (TPSA) is 125 Å². The molecule has 0 spiro atoms. The van der Waals surface area contributed by atoms with Crippen LogP contribution in [0.3, 0.4) is 0 Å². The number of benzene rings is 1. The molecule has 0 radical (unpaired) electrons. The van der Waals surface area contributed by atoms with Gasteiger partial charge in [-0.05, 0) is 30.4 Å². The number of aliphatic hydroxyl groups is 1. The van der Waals surface area contributed by atoms with Gasteiger partial charge in [0, 0.05) is 42.6 Å². The van der Waals surface area contributed by atoms with E-state index in [2.05, 4.69) is 15.3 Å². The standard InChI is InChI=1S/C25H24F3N5O3S/c26-25(27,28)16-11-18(32-23-19(16)20(29)22(37-23)24(35)36)33-9-6-14(7-10-33)31-12-17(34)21-15-4-2-1-3-13(15)5-8-30-21/h1-5,8,11,14,17,31,34H,6-7,9-10,12,29H2,(H,35,36). The van der Waals surface area contributed by atoms with Crippen LogP contribution in [0.4, 0.5) is 24.7 Å². The number of hydrogen-bond donors (Lipinski definition) is 4. The number of piperidine rings is 1. The van der Waals surface area contributed by atoms with Crippen molar-refractivity contribution >= 4 is 49.8 Å². The molecule has 1 aliphatic heterocycles. The molecule has 194 valence electrons. The smallest absolute Gasteiger partial charge is 0.417 e. The average molecular weight is 532 g/mol. The molecule has 1 aromatic carbocycles. The highest BCUT2D eigenvalue weighted by Gasteiger charge is 2.37. The van der Waals surface area contributed by atoms with Crippen molar-refractivity contribution in [1.82, 2.24) is 15.3 Å². The van der Waals surface area contributed by atoms with E-state index >= 15 is 0 Å². The molecule has 0 aliphatic carbocycles. The fraction of sp³-hybridized carbons (Fsp3) is 0.320. The summed E-state index contributed by atoms with van der Waals surface area (Å²) in [5.74, 6) is -1.25. The van der Waals surface area contributed by atoms with Crippen molar-refractivity contribution in [2.45, 2.75) is 31.2 Å². The summed E-state index contributed by atoms with van der Waals surface area (Å²) in [6.07, 6.45) is -2.60. The molecule has 0 bridgehead atoms. The van der Waals surface area contributed by atoms with Crippen molar-refractivity contribution < 1.29 is 28.2 Å². The number of halogens is 3. The summed E-state index contributed by atoms with van der Waals surface area (Å²) in [4.78, 5) is 21.5. The zero-order chi connectivity index (χ0) is 26.3. The second-order valence-corrected chi connectivity index (χ2v) is 9.96. The fourth-order valence-electron chi connectivity index (χ4n) is 4.75. The molecular weight excluding hydrogens is 507 g/mol. The molecule has 1 unspecified atom stereocenters. The number of nitrogens with one attached hydrogen (secondary N) is 1. The highest BCUT2D eigenvalue weighted by molar-refractivity contribution is 7.21. The van der Waals surface area contributed by atoms with Crippen LogP contribution < -0.4 is 16.0 Å². The molecule has 1 fully saturated rings. The molecular formula is C25H24F3N5O3S. The molecule has 1 atom stereocenters. The third kappa shape index (κ3) is 4.91. The number of pyridine rings is 2. The fourth-order valence-corrected chi connectivity index (χ4v) is 5.70. The summed E-state index contributed by atoms with van der Waals surface area (Å²) in [6, 6.07) is 10.6. The zero-order valence-electron chi connectivity index (χ0n) is 19.5. The summed E-state index contributed by atoms with van der Waals surface area (Å²) in [5.41, 5.74) is 4.95. The van der Waals surface area contributed by atoms with Gasteiger partial charge in [-0.25, -0.2) is 9.78 Å². The Bertz CT molecular complexity index is 1460. The maximum Gasteiger partial charge on any atom is 0.417 e. The van der Waals surface area contributed by atoms with Gasteiger partial charge in [-0.2, -0.15) is 13.2 Å². The van der Waals surface area contributed by atoms with E-state index in [0.29, 0.717) is 49.5 Å². The second kappa shape index (κ2) is 9.77. The molecule has 4 heterocycles. The van der Waals surface area contributed by atoms with Gasteiger partial charge in [0.15, 0.2) is 0 Å². The van der Waals surface area contributed by atoms with Gasteiger partial charge in [-0.3, -0.25) is 4.98 Å². The van der Waals surface area contributed by atoms with E-state index < -0.39 is 29.5 Å². The Kier molecular flexibility index (Phi) is 6.65. The highest BCUT2D eigenvalue weighted by Crippen LogP contribution is 2.43. The van der Waals surface area contributed by atoms with Gasteiger partial charge in [0.1, 0.15) is 21.6 Å². The minimum absolute atomic E-state index is 0.0503. The van der Waals surface area contributed by atoms with Crippen LogP contribution in [0.25, 0.3) is 21.0 Å². The Labute approximate surface area is 213 Å². The number of anilines is 2. The molecule has 1 aliphatic rings. The highest BCUT2D eigenvalue weighted by atomic mass is 32.1. The Morgan fingerprint density at radius 1 is 1.24 bits per heavy atom. The number of carboxylic acids is 1. The van der Waals surface area contributed by atoms with Gasteiger partial charge >= 0.3 is 12.1 Å². The predicted octanol–water partition coefficient (Wildman–Crippen LogP) is 4.44. The van der Waals surface area contributed by atoms with E-state index in [1.807, 2.05) is 30.3 Å². The third-order valence-corrected chi connectivity index (χ3v) is 7.71. The number of alkyl halides is 3. The number of carbonyl (C=O) groups is 1. The number of nitrogen functional groups attached to an aromatic ring is 1. The number of aromatic nitrogens is 2. The van der Waals surface area contributed by atoms with Gasteiger partial charge in [0.25, 0.3) is 0 Å². The minimum atomic E-state index is -4.72. The Morgan fingerprint density at radius 3 is 2.68 bits per heavy atom. The third-order valence-electron chi connectivity index (χ3n) is 6.62. The molecule has 1 saturated heterocycles. The Morgan fingerprint density at radius 2 is 1.97 bits per heavy atom. The van der Waals surface area contributed by atoms with E-state index in [4.69, 9.17) is 5.73 Å². The first-order chi connectivity index (χ1) is 17.6. The van der Waals surface area contributed by atoms with Gasteiger partial charge in [-0.1, -0.05) is 24.3 Å². The summed E-state index contributed by atoms with van der Waals surface area (Å²) in [6.45, 7) is 1.19. The molecule has 4 aromatic rings. The number of hydrogen-bond acceptors (Lipinski definition) is 8. The van der Waals surface area contributed by atoms with Crippen molar-refractivity contribution in [3.8, 4) is 0 Å². The molecule has 8 nitrogen and oxygen atoms in total. The normalized spacial score (nSPS) is 15.9. The molecule has 0 saturated carbocycles. The number of rotatable bonds is 6. The van der Waals surface area contributed by atoms with E-state index in [0.717, 1.165) is 16.8 Å². The van der Waals surface area contributed by atoms with Crippen LogP contribution in [0.1, 0.15) is 39.9 Å². The lowest BCUT2D eigenvalue weighted by Gasteiger charge is -2.34. The number of aliphatic hydroxyl groups excluding tert-OH is 1. The molecule has 5 rings (SSSR count). The molecule has 3 aromatic heterocycles. The van der Waals surface area contributed by atoms with Crippen LogP contribution in [0.2, 0.25) is 0 Å². The monoisotopic (exact) mass is 531 g/mol. The summed E-state index contributed by atoms with van der Waals surface area (Å²) in [7, 11) is 0. The van der Waals surface area contributed by atoms with Gasteiger partial charge < -0.3 is 26.2 Å². The molecule has 12 heteroatoms. The number of fused-ring (bicyclic) bond motifs is 2. The Balaban J connectivity index is 1.28. The van der Waals surface area contributed by atoms with Crippen molar-refractivity contribution in [3.63, 3.8) is 0 Å². The van der Waals surface area contributed by atoms with E-state index in [9.17, 15) is 28.2 Å². The van der Waals surface area contributed by atoms with E-state index in [1.165, 1.54) is 0 Å². The van der Waals surface area contributed by atoms with Crippen LogP contribution in [0.15, 0.2) is 42.6 Å². The minimum Gasteiger partial charge on any atom is -0.477 e. The van der Waals surface area contributed by atoms with Crippen molar-refractivity contribution in [3.05, 3.63) is 58.7 Å². The van der Waals surface area contributed by atoms with Crippen LogP contribution >= 0.6 is 11.3 Å². The summed E-state index contributed by atoms with van der Waals surface area (Å²) in [5, 5.41) is 24.9. The van der Waals surface area contributed by atoms with Crippen LogP contribution in [0, 0.1) is 0 Å². The molecule has 37 heavy (non-hydrogen) atoms. The first-order valence-corrected chi connectivity index (χ1v) is 12.5. The first kappa shape index (κ1) is 25.2. The Hall–Kier alpha value is -3.48. The lowest BCUT2D eigenvalue weighted by Crippen LogP contribution is -2.44. The van der Waals surface area contributed by atoms with Gasteiger partial charge in [-0.15, -0.1) is 11.3 Å². The van der Waals surface area contributed by atoms with E-state index in [-0.39, 0.29) is 27.0 Å². The lowest BCUT2D eigenvalue weighted by atomic mass is 10.0. The van der Waals surface area contributed by atoms with Crippen LogP contribution in [-0.2, 0) is 6.18 Å². The SMILES string of the molecule is Nc1c(C(=O)O)sc2nc(N3CCC(NCC(O)c4nccc5ccccc45)CC3)cc(C(F)(F)F)c12. The maximum atomic E-state index is 13.8. The quantitative estimate of drug-likeness (QED) is 0.288. The van der Waals surface area contributed by atoms with E-state index in [1.54, 1.807) is 11.1 Å². The summed E-state index contributed by atoms with van der Waals surface area (Å²) < 4.78 is 41.5. The summed E-state index contributed by atoms with van der Waals surface area (Å²) >= 11 is 0.643. The number of nitrogens with zero attached hydrogens (tertiary/aromatic N) is 3. The molecule has 5 N–H and O–H groups in total. The van der Waals surface area contributed by atoms with Crippen molar-refractivity contribution in [1.29, 1.82) is 0 Å². The second-order valence-electron chi connectivity index (χ2n) is 8.96. The average Bonchev–Trinajstić information content (AvgIpc) is 3.22. The number of carboxylic acid groups (broad SMARTS) is 1. The van der Waals surface area contributed by atoms with Crippen LogP contribution in [-0.4, -0.2) is 51.8 Å².